The molecular weight excluding hydrogens is 318 g/mol. The van der Waals surface area contributed by atoms with Crippen LogP contribution >= 0.6 is 0 Å². The van der Waals surface area contributed by atoms with Gasteiger partial charge in [0.1, 0.15) is 0 Å². The van der Waals surface area contributed by atoms with E-state index in [1.807, 2.05) is 0 Å². The monoisotopic (exact) mass is 331 g/mol. The van der Waals surface area contributed by atoms with Gasteiger partial charge in [0, 0.05) is 16.5 Å². The van der Waals surface area contributed by atoms with E-state index in [-0.39, 0.29) is 21.4 Å². The van der Waals surface area contributed by atoms with Crippen molar-refractivity contribution in [2.75, 3.05) is 18.1 Å². The first-order valence-electron chi connectivity index (χ1n) is 5.80. The van der Waals surface area contributed by atoms with Crippen molar-refractivity contribution in [1.82, 2.24) is 0 Å². The summed E-state index contributed by atoms with van der Waals surface area (Å²) < 4.78 is 56.1. The molecule has 0 aliphatic carbocycles. The Balaban J connectivity index is 2.95. The summed E-state index contributed by atoms with van der Waals surface area (Å²) in [6.07, 6.45) is 0. The lowest BCUT2D eigenvalue weighted by Crippen LogP contribution is -2.12. The minimum Gasteiger partial charge on any atom is -0.398 e. The number of anilines is 1. The molecule has 114 valence electrons. The van der Waals surface area contributed by atoms with Gasteiger partial charge in [0.25, 0.3) is 10.1 Å². The number of aliphatic hydroxyl groups is 1. The van der Waals surface area contributed by atoms with Gasteiger partial charge in [-0.05, 0) is 18.2 Å². The topological polar surface area (TPSA) is 135 Å². The van der Waals surface area contributed by atoms with Crippen molar-refractivity contribution >= 4 is 36.4 Å². The van der Waals surface area contributed by atoms with Crippen LogP contribution in [-0.4, -0.2) is 38.9 Å². The Labute approximate surface area is 121 Å². The van der Waals surface area contributed by atoms with Crippen LogP contribution in [0.5, 0.6) is 0 Å². The van der Waals surface area contributed by atoms with E-state index in [0.717, 1.165) is 12.1 Å². The molecule has 0 aliphatic rings. The molecule has 0 saturated carbocycles. The molecule has 2 aromatic carbocycles. The summed E-state index contributed by atoms with van der Waals surface area (Å²) >= 11 is 0. The Kier molecular flexibility index (Phi) is 3.93. The number of nitrogen functional groups attached to an aromatic ring is 1. The van der Waals surface area contributed by atoms with E-state index >= 15 is 0 Å². The molecule has 2 rings (SSSR count). The van der Waals surface area contributed by atoms with Gasteiger partial charge in [0.15, 0.2) is 9.84 Å². The summed E-state index contributed by atoms with van der Waals surface area (Å²) in [5, 5.41) is 9.28. The summed E-state index contributed by atoms with van der Waals surface area (Å²) in [5.41, 5.74) is 5.91. The van der Waals surface area contributed by atoms with Crippen molar-refractivity contribution in [3.8, 4) is 0 Å². The first kappa shape index (κ1) is 15.7. The highest BCUT2D eigenvalue weighted by Crippen LogP contribution is 2.31. The van der Waals surface area contributed by atoms with Crippen molar-refractivity contribution in [2.45, 2.75) is 9.79 Å². The maximum atomic E-state index is 12.2. The molecule has 9 heteroatoms. The van der Waals surface area contributed by atoms with E-state index in [2.05, 4.69) is 0 Å². The first-order valence-corrected chi connectivity index (χ1v) is 8.89. The molecule has 4 N–H and O–H groups in total. The van der Waals surface area contributed by atoms with Gasteiger partial charge in [0.2, 0.25) is 0 Å². The van der Waals surface area contributed by atoms with Crippen molar-refractivity contribution in [1.29, 1.82) is 0 Å². The minimum atomic E-state index is -4.59. The number of hydrogen-bond acceptors (Lipinski definition) is 6. The molecular formula is C12H13NO6S2. The Morgan fingerprint density at radius 1 is 1.05 bits per heavy atom. The molecule has 0 atom stereocenters. The molecule has 0 aliphatic heterocycles. The normalized spacial score (nSPS) is 12.7. The fourth-order valence-electron chi connectivity index (χ4n) is 1.99. The number of sulfone groups is 1. The van der Waals surface area contributed by atoms with E-state index in [9.17, 15) is 16.8 Å². The average molecular weight is 331 g/mol. The molecule has 2 aromatic rings. The van der Waals surface area contributed by atoms with Crippen LogP contribution in [0.15, 0.2) is 40.1 Å². The lowest BCUT2D eigenvalue weighted by molar-refractivity contribution is 0.319. The van der Waals surface area contributed by atoms with Crippen LogP contribution in [0.2, 0.25) is 0 Å². The van der Waals surface area contributed by atoms with E-state index in [1.54, 1.807) is 0 Å². The molecule has 0 aromatic heterocycles. The molecule has 0 radical (unpaired) electrons. The fourth-order valence-corrected chi connectivity index (χ4v) is 3.87. The van der Waals surface area contributed by atoms with Crippen LogP contribution in [-0.2, 0) is 20.0 Å². The zero-order valence-electron chi connectivity index (χ0n) is 10.7. The summed E-state index contributed by atoms with van der Waals surface area (Å²) in [6.45, 7) is -0.609. The summed E-state index contributed by atoms with van der Waals surface area (Å²) in [5.74, 6) is -0.564. The first-order chi connectivity index (χ1) is 9.66. The standard InChI is InChI=1S/C12H13NO6S2/c13-11-3-1-2-9-10(11)6-8(21(17,18)19)7-12(9)20(15,16)5-4-14/h1-3,6-7,14H,4-5,13H2,(H,17,18,19). The molecule has 0 fully saturated rings. The highest BCUT2D eigenvalue weighted by atomic mass is 32.2. The van der Waals surface area contributed by atoms with Crippen LogP contribution in [0.25, 0.3) is 10.8 Å². The highest BCUT2D eigenvalue weighted by Gasteiger charge is 2.22. The zero-order chi connectivity index (χ0) is 15.8. The second-order valence-electron chi connectivity index (χ2n) is 4.38. The van der Waals surface area contributed by atoms with Gasteiger partial charge in [-0.15, -0.1) is 0 Å². The third kappa shape index (κ3) is 3.00. The number of benzene rings is 2. The second-order valence-corrected chi connectivity index (χ2v) is 7.88. The minimum absolute atomic E-state index is 0.179. The number of nitrogens with two attached hydrogens (primary N) is 1. The molecule has 21 heavy (non-hydrogen) atoms. The fraction of sp³-hybridized carbons (Fsp3) is 0.167. The molecule has 7 nitrogen and oxygen atoms in total. The van der Waals surface area contributed by atoms with Crippen LogP contribution < -0.4 is 5.73 Å². The van der Waals surface area contributed by atoms with Gasteiger partial charge in [-0.2, -0.15) is 8.42 Å². The van der Waals surface area contributed by atoms with Crippen LogP contribution in [0, 0.1) is 0 Å². The van der Waals surface area contributed by atoms with Crippen LogP contribution in [0.4, 0.5) is 5.69 Å². The maximum absolute atomic E-state index is 12.2. The van der Waals surface area contributed by atoms with Gasteiger partial charge >= 0.3 is 0 Å². The van der Waals surface area contributed by atoms with Crippen molar-refractivity contribution < 1.29 is 26.5 Å². The Morgan fingerprint density at radius 3 is 2.29 bits per heavy atom. The van der Waals surface area contributed by atoms with E-state index in [4.69, 9.17) is 15.4 Å². The highest BCUT2D eigenvalue weighted by molar-refractivity contribution is 7.91. The Hall–Kier alpha value is -1.68. The third-order valence-corrected chi connectivity index (χ3v) is 5.52. The summed E-state index contributed by atoms with van der Waals surface area (Å²) in [6, 6.07) is 6.46. The molecule has 0 amide bonds. The smallest absolute Gasteiger partial charge is 0.294 e. The lowest BCUT2D eigenvalue weighted by atomic mass is 10.1. The van der Waals surface area contributed by atoms with Gasteiger partial charge in [-0.3, -0.25) is 4.55 Å². The zero-order valence-corrected chi connectivity index (χ0v) is 12.4. The maximum Gasteiger partial charge on any atom is 0.294 e. The van der Waals surface area contributed by atoms with Gasteiger partial charge in [0.05, 0.1) is 22.2 Å². The summed E-state index contributed by atoms with van der Waals surface area (Å²) in [4.78, 5) is -0.863. The average Bonchev–Trinajstić information content (AvgIpc) is 2.37. The van der Waals surface area contributed by atoms with Crippen LogP contribution in [0.1, 0.15) is 0 Å². The van der Waals surface area contributed by atoms with Gasteiger partial charge in [-0.25, -0.2) is 8.42 Å². The predicted octanol–water partition coefficient (Wildman–Crippen LogP) is 0.435. The largest absolute Gasteiger partial charge is 0.398 e. The third-order valence-electron chi connectivity index (χ3n) is 2.96. The molecule has 0 heterocycles. The predicted molar refractivity (Wildman–Crippen MR) is 77.3 cm³/mol. The quantitative estimate of drug-likeness (QED) is 0.546. The molecule has 0 saturated heterocycles. The summed E-state index contributed by atoms with van der Waals surface area (Å²) in [7, 11) is -8.51. The number of rotatable bonds is 4. The Morgan fingerprint density at radius 2 is 1.71 bits per heavy atom. The number of fused-ring (bicyclic) bond motifs is 1. The lowest BCUT2D eigenvalue weighted by Gasteiger charge is -2.11. The molecule has 0 bridgehead atoms. The SMILES string of the molecule is Nc1cccc2c(S(=O)(=O)CCO)cc(S(=O)(=O)O)cc12. The van der Waals surface area contributed by atoms with Crippen molar-refractivity contribution in [2.24, 2.45) is 0 Å². The van der Waals surface area contributed by atoms with E-state index < -0.39 is 37.2 Å². The van der Waals surface area contributed by atoms with Crippen molar-refractivity contribution in [3.05, 3.63) is 30.3 Å². The number of aliphatic hydroxyl groups excluding tert-OH is 1. The number of hydrogen-bond donors (Lipinski definition) is 3. The van der Waals surface area contributed by atoms with Crippen molar-refractivity contribution in [3.63, 3.8) is 0 Å². The second kappa shape index (κ2) is 5.26. The molecule has 0 unspecified atom stereocenters. The van der Waals surface area contributed by atoms with Gasteiger partial charge < -0.3 is 10.8 Å². The van der Waals surface area contributed by atoms with E-state index in [0.29, 0.717) is 0 Å². The van der Waals surface area contributed by atoms with Crippen LogP contribution in [0.3, 0.4) is 0 Å². The molecule has 0 spiro atoms. The van der Waals surface area contributed by atoms with Gasteiger partial charge in [-0.1, -0.05) is 12.1 Å². The Bertz CT molecular complexity index is 903. The van der Waals surface area contributed by atoms with E-state index in [1.165, 1.54) is 18.2 Å².